The van der Waals surface area contributed by atoms with Crippen LogP contribution in [0.15, 0.2) is 17.5 Å². The number of Topliss-reactive ketones (excluding diaryl/α,β-unsaturated/α-hetero) is 1. The predicted molar refractivity (Wildman–Crippen MR) is 49.9 cm³/mol. The Balaban J connectivity index is 2.39. The maximum Gasteiger partial charge on any atom is 0.305 e. The smallest absolute Gasteiger partial charge is 0.305 e. The van der Waals surface area contributed by atoms with E-state index in [-0.39, 0.29) is 24.6 Å². The van der Waals surface area contributed by atoms with Gasteiger partial charge in [0.1, 0.15) is 0 Å². The molecule has 0 fully saturated rings. The van der Waals surface area contributed by atoms with Crippen LogP contribution in [0.3, 0.4) is 0 Å². The standard InChI is InChI=1S/C9H10O3S/c1-12-9(11)5-4-7(10)8-3-2-6-13-8/h2-3,6H,4-5H2,1H3. The molecule has 0 saturated carbocycles. The highest BCUT2D eigenvalue weighted by Gasteiger charge is 2.09. The number of carbonyl (C=O) groups excluding carboxylic acids is 2. The number of hydrogen-bond acceptors (Lipinski definition) is 4. The van der Waals surface area contributed by atoms with Gasteiger partial charge in [-0.2, -0.15) is 0 Å². The van der Waals surface area contributed by atoms with Crippen LogP contribution in [0.2, 0.25) is 0 Å². The van der Waals surface area contributed by atoms with E-state index >= 15 is 0 Å². The van der Waals surface area contributed by atoms with Crippen molar-refractivity contribution in [3.05, 3.63) is 22.4 Å². The van der Waals surface area contributed by atoms with E-state index in [1.54, 1.807) is 6.07 Å². The molecule has 0 bridgehead atoms. The number of thiophene rings is 1. The fourth-order valence-electron chi connectivity index (χ4n) is 0.878. The van der Waals surface area contributed by atoms with E-state index in [1.165, 1.54) is 18.4 Å². The molecule has 1 rings (SSSR count). The van der Waals surface area contributed by atoms with Gasteiger partial charge in [-0.3, -0.25) is 9.59 Å². The van der Waals surface area contributed by atoms with Crippen molar-refractivity contribution < 1.29 is 14.3 Å². The second-order valence-electron chi connectivity index (χ2n) is 2.48. The van der Waals surface area contributed by atoms with E-state index < -0.39 is 0 Å². The van der Waals surface area contributed by atoms with Gasteiger partial charge in [-0.05, 0) is 11.4 Å². The first-order chi connectivity index (χ1) is 6.24. The van der Waals surface area contributed by atoms with Crippen molar-refractivity contribution >= 4 is 23.1 Å². The number of esters is 1. The van der Waals surface area contributed by atoms with Gasteiger partial charge in [0, 0.05) is 6.42 Å². The molecule has 1 aromatic rings. The SMILES string of the molecule is COC(=O)CCC(=O)c1cccs1. The molecule has 0 radical (unpaired) electrons. The van der Waals surface area contributed by atoms with Gasteiger partial charge in [0.2, 0.25) is 0 Å². The van der Waals surface area contributed by atoms with E-state index in [9.17, 15) is 9.59 Å². The van der Waals surface area contributed by atoms with Crippen molar-refractivity contribution in [1.82, 2.24) is 0 Å². The molecule has 0 aliphatic rings. The maximum absolute atomic E-state index is 11.3. The molecule has 3 nitrogen and oxygen atoms in total. The van der Waals surface area contributed by atoms with E-state index in [2.05, 4.69) is 4.74 Å². The Labute approximate surface area is 80.3 Å². The predicted octanol–water partition coefficient (Wildman–Crippen LogP) is 1.88. The molecule has 0 unspecified atom stereocenters. The first-order valence-corrected chi connectivity index (χ1v) is 4.75. The topological polar surface area (TPSA) is 43.4 Å². The van der Waals surface area contributed by atoms with Crippen molar-refractivity contribution in [1.29, 1.82) is 0 Å². The van der Waals surface area contributed by atoms with Gasteiger partial charge >= 0.3 is 5.97 Å². The highest BCUT2D eigenvalue weighted by molar-refractivity contribution is 7.12. The highest BCUT2D eigenvalue weighted by Crippen LogP contribution is 2.12. The first kappa shape index (κ1) is 9.92. The third kappa shape index (κ3) is 2.99. The van der Waals surface area contributed by atoms with Gasteiger partial charge in [0.05, 0.1) is 18.4 Å². The minimum Gasteiger partial charge on any atom is -0.469 e. The monoisotopic (exact) mass is 198 g/mol. The molecule has 0 N–H and O–H groups in total. The summed E-state index contributed by atoms with van der Waals surface area (Å²) in [7, 11) is 1.32. The molecule has 0 aliphatic heterocycles. The lowest BCUT2D eigenvalue weighted by Crippen LogP contribution is -2.04. The average molecular weight is 198 g/mol. The second-order valence-corrected chi connectivity index (χ2v) is 3.42. The van der Waals surface area contributed by atoms with E-state index in [4.69, 9.17) is 0 Å². The van der Waals surface area contributed by atoms with Gasteiger partial charge in [-0.1, -0.05) is 6.07 Å². The van der Waals surface area contributed by atoms with Gasteiger partial charge in [0.15, 0.2) is 5.78 Å². The molecule has 0 saturated heterocycles. The molecule has 0 aliphatic carbocycles. The van der Waals surface area contributed by atoms with Crippen LogP contribution in [-0.2, 0) is 9.53 Å². The summed E-state index contributed by atoms with van der Waals surface area (Å²) in [6.07, 6.45) is 0.389. The third-order valence-corrected chi connectivity index (χ3v) is 2.49. The molecule has 1 aromatic heterocycles. The van der Waals surface area contributed by atoms with E-state index in [0.717, 1.165) is 0 Å². The first-order valence-electron chi connectivity index (χ1n) is 3.87. The largest absolute Gasteiger partial charge is 0.469 e. The Hall–Kier alpha value is -1.16. The van der Waals surface area contributed by atoms with Crippen LogP contribution in [0.1, 0.15) is 22.5 Å². The van der Waals surface area contributed by atoms with Crippen LogP contribution >= 0.6 is 11.3 Å². The van der Waals surface area contributed by atoms with Crippen LogP contribution in [0.4, 0.5) is 0 Å². The lowest BCUT2D eigenvalue weighted by molar-refractivity contribution is -0.140. The quantitative estimate of drug-likeness (QED) is 0.548. The molecule has 0 amide bonds. The van der Waals surface area contributed by atoms with E-state index in [1.807, 2.05) is 11.4 Å². The zero-order valence-electron chi connectivity index (χ0n) is 7.28. The molecule has 13 heavy (non-hydrogen) atoms. The Morgan fingerprint density at radius 3 is 2.77 bits per heavy atom. The molecule has 1 heterocycles. The fourth-order valence-corrected chi connectivity index (χ4v) is 1.57. The molecule has 0 aromatic carbocycles. The number of carbonyl (C=O) groups is 2. The molecule has 0 atom stereocenters. The highest BCUT2D eigenvalue weighted by atomic mass is 32.1. The van der Waals surface area contributed by atoms with Crippen LogP contribution in [-0.4, -0.2) is 18.9 Å². The van der Waals surface area contributed by atoms with Gasteiger partial charge in [-0.25, -0.2) is 0 Å². The number of ether oxygens (including phenoxy) is 1. The Morgan fingerprint density at radius 2 is 2.23 bits per heavy atom. The molecular weight excluding hydrogens is 188 g/mol. The average Bonchev–Trinajstić information content (AvgIpc) is 2.66. The summed E-state index contributed by atoms with van der Waals surface area (Å²) in [4.78, 5) is 22.7. The molecule has 70 valence electrons. The maximum atomic E-state index is 11.3. The van der Waals surface area contributed by atoms with Gasteiger partial charge in [-0.15, -0.1) is 11.3 Å². The summed E-state index contributed by atoms with van der Waals surface area (Å²) < 4.78 is 4.43. The van der Waals surface area contributed by atoms with Crippen molar-refractivity contribution in [2.45, 2.75) is 12.8 Å². The zero-order valence-corrected chi connectivity index (χ0v) is 8.10. The fraction of sp³-hybridized carbons (Fsp3) is 0.333. The number of hydrogen-bond donors (Lipinski definition) is 0. The van der Waals surface area contributed by atoms with Crippen molar-refractivity contribution in [2.24, 2.45) is 0 Å². The Bertz CT molecular complexity index is 290. The summed E-state index contributed by atoms with van der Waals surface area (Å²) in [5, 5.41) is 1.84. The summed E-state index contributed by atoms with van der Waals surface area (Å²) in [6, 6.07) is 3.57. The van der Waals surface area contributed by atoms with Gasteiger partial charge < -0.3 is 4.74 Å². The molecule has 4 heteroatoms. The molecular formula is C9H10O3S. The second kappa shape index (κ2) is 4.77. The minimum atomic E-state index is -0.343. The number of ketones is 1. The third-order valence-electron chi connectivity index (χ3n) is 1.58. The summed E-state index contributed by atoms with van der Waals surface area (Å²) in [6.45, 7) is 0. The van der Waals surface area contributed by atoms with E-state index in [0.29, 0.717) is 4.88 Å². The zero-order chi connectivity index (χ0) is 9.68. The number of rotatable bonds is 4. The summed E-state index contributed by atoms with van der Waals surface area (Å²) >= 11 is 1.39. The van der Waals surface area contributed by atoms with Crippen LogP contribution in [0.25, 0.3) is 0 Å². The summed E-state index contributed by atoms with van der Waals surface area (Å²) in [5.41, 5.74) is 0. The Morgan fingerprint density at radius 1 is 1.46 bits per heavy atom. The van der Waals surface area contributed by atoms with Crippen molar-refractivity contribution in [3.8, 4) is 0 Å². The van der Waals surface area contributed by atoms with Crippen molar-refractivity contribution in [2.75, 3.05) is 7.11 Å². The lowest BCUT2D eigenvalue weighted by atomic mass is 10.2. The van der Waals surface area contributed by atoms with Crippen LogP contribution in [0, 0.1) is 0 Å². The normalized spacial score (nSPS) is 9.62. The molecule has 0 spiro atoms. The van der Waals surface area contributed by atoms with Crippen LogP contribution in [0.5, 0.6) is 0 Å². The number of methoxy groups -OCH3 is 1. The van der Waals surface area contributed by atoms with Gasteiger partial charge in [0.25, 0.3) is 0 Å². The minimum absolute atomic E-state index is 0.000370. The van der Waals surface area contributed by atoms with Crippen molar-refractivity contribution in [3.63, 3.8) is 0 Å². The Kier molecular flexibility index (Phi) is 3.64. The summed E-state index contributed by atoms with van der Waals surface area (Å²) in [5.74, 6) is -0.342. The van der Waals surface area contributed by atoms with Crippen LogP contribution < -0.4 is 0 Å². The lowest BCUT2D eigenvalue weighted by Gasteiger charge is -1.96.